The summed E-state index contributed by atoms with van der Waals surface area (Å²) < 4.78 is 0. The number of aryl methyl sites for hydroxylation is 2. The standard InChI is InChI=1S/C18H23NO2/c1-12(13-5-6-13)19-18(21)10-9-17(20)16-8-7-14-3-2-4-15(14)11-16/h7-8,11-13H,2-6,9-10H2,1H3,(H,19,21). The second-order valence-corrected chi connectivity index (χ2v) is 6.45. The highest BCUT2D eigenvalue weighted by Gasteiger charge is 2.28. The van der Waals surface area contributed by atoms with Gasteiger partial charge in [0.15, 0.2) is 5.78 Å². The summed E-state index contributed by atoms with van der Waals surface area (Å²) >= 11 is 0. The molecule has 0 radical (unpaired) electrons. The number of ketones is 1. The molecule has 0 aliphatic heterocycles. The summed E-state index contributed by atoms with van der Waals surface area (Å²) in [6.07, 6.45) is 6.44. The van der Waals surface area contributed by atoms with Crippen LogP contribution in [0.25, 0.3) is 0 Å². The summed E-state index contributed by atoms with van der Waals surface area (Å²) in [7, 11) is 0. The summed E-state index contributed by atoms with van der Waals surface area (Å²) in [5.41, 5.74) is 3.45. The van der Waals surface area contributed by atoms with Gasteiger partial charge in [-0.15, -0.1) is 0 Å². The predicted molar refractivity (Wildman–Crippen MR) is 82.4 cm³/mol. The van der Waals surface area contributed by atoms with E-state index in [2.05, 4.69) is 18.3 Å². The number of carbonyl (C=O) groups excluding carboxylic acids is 2. The third-order valence-electron chi connectivity index (χ3n) is 4.72. The van der Waals surface area contributed by atoms with E-state index in [1.54, 1.807) is 0 Å². The smallest absolute Gasteiger partial charge is 0.220 e. The maximum Gasteiger partial charge on any atom is 0.220 e. The zero-order valence-electron chi connectivity index (χ0n) is 12.7. The number of rotatable bonds is 6. The van der Waals surface area contributed by atoms with Crippen molar-refractivity contribution in [2.45, 2.75) is 57.9 Å². The summed E-state index contributed by atoms with van der Waals surface area (Å²) in [6, 6.07) is 6.27. The molecule has 0 spiro atoms. The van der Waals surface area contributed by atoms with Gasteiger partial charge in [0.05, 0.1) is 0 Å². The fourth-order valence-electron chi connectivity index (χ4n) is 3.16. The Hall–Kier alpha value is -1.64. The third-order valence-corrected chi connectivity index (χ3v) is 4.72. The average Bonchev–Trinajstić information content (AvgIpc) is 3.22. The van der Waals surface area contributed by atoms with Gasteiger partial charge in [-0.2, -0.15) is 0 Å². The van der Waals surface area contributed by atoms with Gasteiger partial charge in [-0.3, -0.25) is 9.59 Å². The lowest BCUT2D eigenvalue weighted by Gasteiger charge is -2.12. The molecule has 0 aromatic heterocycles. The van der Waals surface area contributed by atoms with Crippen LogP contribution in [0.15, 0.2) is 18.2 Å². The first kappa shape index (κ1) is 14.3. The van der Waals surface area contributed by atoms with Gasteiger partial charge in [0.25, 0.3) is 0 Å². The van der Waals surface area contributed by atoms with Crippen LogP contribution in [0, 0.1) is 5.92 Å². The van der Waals surface area contributed by atoms with Crippen LogP contribution in [-0.2, 0) is 17.6 Å². The van der Waals surface area contributed by atoms with Gasteiger partial charge in [-0.1, -0.05) is 12.1 Å². The SMILES string of the molecule is CC(NC(=O)CCC(=O)c1ccc2c(c1)CCC2)C1CC1. The molecule has 2 aliphatic rings. The molecule has 3 rings (SSSR count). The lowest BCUT2D eigenvalue weighted by atomic mass is 10.0. The molecular weight excluding hydrogens is 262 g/mol. The van der Waals surface area contributed by atoms with Gasteiger partial charge in [-0.25, -0.2) is 0 Å². The van der Waals surface area contributed by atoms with Crippen LogP contribution < -0.4 is 5.32 Å². The molecule has 1 N–H and O–H groups in total. The number of nitrogens with one attached hydrogen (secondary N) is 1. The first-order valence-electron chi connectivity index (χ1n) is 8.08. The second-order valence-electron chi connectivity index (χ2n) is 6.45. The molecule has 1 unspecified atom stereocenters. The monoisotopic (exact) mass is 285 g/mol. The number of amides is 1. The number of benzene rings is 1. The lowest BCUT2D eigenvalue weighted by Crippen LogP contribution is -2.34. The fraction of sp³-hybridized carbons (Fsp3) is 0.556. The van der Waals surface area contributed by atoms with Crippen molar-refractivity contribution in [2.24, 2.45) is 5.92 Å². The molecule has 1 fully saturated rings. The number of hydrogen-bond donors (Lipinski definition) is 1. The summed E-state index contributed by atoms with van der Waals surface area (Å²) in [4.78, 5) is 24.0. The highest BCUT2D eigenvalue weighted by molar-refractivity contribution is 5.98. The Balaban J connectivity index is 1.50. The van der Waals surface area contributed by atoms with Crippen molar-refractivity contribution in [1.82, 2.24) is 5.32 Å². The number of fused-ring (bicyclic) bond motifs is 1. The van der Waals surface area contributed by atoms with E-state index in [1.807, 2.05) is 12.1 Å². The normalized spacial score (nSPS) is 18.1. The van der Waals surface area contributed by atoms with E-state index >= 15 is 0 Å². The summed E-state index contributed by atoms with van der Waals surface area (Å²) in [6.45, 7) is 2.05. The highest BCUT2D eigenvalue weighted by atomic mass is 16.2. The topological polar surface area (TPSA) is 46.2 Å². The zero-order chi connectivity index (χ0) is 14.8. The Kier molecular flexibility index (Phi) is 4.09. The largest absolute Gasteiger partial charge is 0.353 e. The van der Waals surface area contributed by atoms with E-state index in [0.29, 0.717) is 18.8 Å². The third kappa shape index (κ3) is 3.52. The highest BCUT2D eigenvalue weighted by Crippen LogP contribution is 2.32. The van der Waals surface area contributed by atoms with Crippen molar-refractivity contribution in [3.63, 3.8) is 0 Å². The molecule has 112 valence electrons. The maximum atomic E-state index is 12.2. The van der Waals surface area contributed by atoms with E-state index in [9.17, 15) is 9.59 Å². The minimum Gasteiger partial charge on any atom is -0.353 e. The lowest BCUT2D eigenvalue weighted by molar-refractivity contribution is -0.121. The Morgan fingerprint density at radius 2 is 1.95 bits per heavy atom. The molecule has 1 atom stereocenters. The van der Waals surface area contributed by atoms with E-state index in [0.717, 1.165) is 18.4 Å². The van der Waals surface area contributed by atoms with Crippen molar-refractivity contribution >= 4 is 11.7 Å². The Bertz CT molecular complexity index is 560. The van der Waals surface area contributed by atoms with Gasteiger partial charge in [0, 0.05) is 24.4 Å². The van der Waals surface area contributed by atoms with Gasteiger partial charge in [0.2, 0.25) is 5.91 Å². The van der Waals surface area contributed by atoms with Gasteiger partial charge >= 0.3 is 0 Å². The van der Waals surface area contributed by atoms with E-state index in [4.69, 9.17) is 0 Å². The second kappa shape index (κ2) is 6.00. The first-order chi connectivity index (χ1) is 10.1. The Labute approximate surface area is 126 Å². The molecule has 0 saturated heterocycles. The number of hydrogen-bond acceptors (Lipinski definition) is 2. The predicted octanol–water partition coefficient (Wildman–Crippen LogP) is 3.05. The Morgan fingerprint density at radius 3 is 2.71 bits per heavy atom. The molecule has 0 heterocycles. The van der Waals surface area contributed by atoms with E-state index < -0.39 is 0 Å². The van der Waals surface area contributed by atoms with Gasteiger partial charge < -0.3 is 5.32 Å². The van der Waals surface area contributed by atoms with Crippen molar-refractivity contribution < 1.29 is 9.59 Å². The van der Waals surface area contributed by atoms with Crippen LogP contribution in [0.5, 0.6) is 0 Å². The number of Topliss-reactive ketones (excluding diaryl/α,β-unsaturated/α-hetero) is 1. The molecule has 3 heteroatoms. The van der Waals surface area contributed by atoms with Crippen LogP contribution in [0.3, 0.4) is 0 Å². The van der Waals surface area contributed by atoms with Crippen molar-refractivity contribution in [1.29, 1.82) is 0 Å². The summed E-state index contributed by atoms with van der Waals surface area (Å²) in [5, 5.41) is 3.00. The van der Waals surface area contributed by atoms with Gasteiger partial charge in [0.1, 0.15) is 0 Å². The van der Waals surface area contributed by atoms with Crippen molar-refractivity contribution in [2.75, 3.05) is 0 Å². The molecule has 21 heavy (non-hydrogen) atoms. The fourth-order valence-corrected chi connectivity index (χ4v) is 3.16. The average molecular weight is 285 g/mol. The van der Waals surface area contributed by atoms with Crippen molar-refractivity contribution in [3.8, 4) is 0 Å². The van der Waals surface area contributed by atoms with Crippen LogP contribution in [0.2, 0.25) is 0 Å². The molecule has 2 aliphatic carbocycles. The minimum absolute atomic E-state index is 0.00362. The van der Waals surface area contributed by atoms with E-state index in [1.165, 1.54) is 30.4 Å². The molecule has 1 aromatic rings. The quantitative estimate of drug-likeness (QED) is 0.817. The molecule has 1 saturated carbocycles. The number of carbonyl (C=O) groups is 2. The van der Waals surface area contributed by atoms with Crippen LogP contribution in [-0.4, -0.2) is 17.7 Å². The van der Waals surface area contributed by atoms with Crippen molar-refractivity contribution in [3.05, 3.63) is 34.9 Å². The maximum absolute atomic E-state index is 12.2. The molecule has 0 bridgehead atoms. The van der Waals surface area contributed by atoms with E-state index in [-0.39, 0.29) is 17.7 Å². The first-order valence-corrected chi connectivity index (χ1v) is 8.08. The van der Waals surface area contributed by atoms with Crippen LogP contribution in [0.4, 0.5) is 0 Å². The molecule has 3 nitrogen and oxygen atoms in total. The molecule has 1 aromatic carbocycles. The zero-order valence-corrected chi connectivity index (χ0v) is 12.7. The Morgan fingerprint density at radius 1 is 1.19 bits per heavy atom. The molecule has 1 amide bonds. The van der Waals surface area contributed by atoms with Crippen LogP contribution >= 0.6 is 0 Å². The summed E-state index contributed by atoms with van der Waals surface area (Å²) in [5.74, 6) is 0.740. The minimum atomic E-state index is 0.00362. The molecular formula is C18H23NO2. The van der Waals surface area contributed by atoms with Crippen LogP contribution in [0.1, 0.15) is 60.5 Å². The van der Waals surface area contributed by atoms with Gasteiger partial charge in [-0.05, 0) is 62.1 Å².